The minimum absolute atomic E-state index is 0.107. The van der Waals surface area contributed by atoms with Gasteiger partial charge in [0.05, 0.1) is 0 Å². The maximum atomic E-state index is 13.9. The molecular formula is C17H21F2N5O2S. The Kier molecular flexibility index (Phi) is 5.56. The quantitative estimate of drug-likeness (QED) is 0.832. The van der Waals surface area contributed by atoms with Gasteiger partial charge < -0.3 is 10.2 Å². The third-order valence-electron chi connectivity index (χ3n) is 4.26. The van der Waals surface area contributed by atoms with Crippen LogP contribution in [0.1, 0.15) is 12.7 Å². The summed E-state index contributed by atoms with van der Waals surface area (Å²) in [6, 6.07) is 4.83. The van der Waals surface area contributed by atoms with Gasteiger partial charge in [-0.05, 0) is 26.0 Å². The second-order valence-corrected chi connectivity index (χ2v) is 8.01. The van der Waals surface area contributed by atoms with E-state index in [1.54, 1.807) is 13.0 Å². The summed E-state index contributed by atoms with van der Waals surface area (Å²) in [5.74, 6) is -0.179. The first kappa shape index (κ1) is 19.4. The van der Waals surface area contributed by atoms with Crippen LogP contribution < -0.4 is 10.2 Å². The summed E-state index contributed by atoms with van der Waals surface area (Å²) < 4.78 is 54.3. The predicted molar refractivity (Wildman–Crippen MR) is 98.3 cm³/mol. The molecule has 2 heterocycles. The lowest BCUT2D eigenvalue weighted by atomic mass is 10.3. The van der Waals surface area contributed by atoms with E-state index in [-0.39, 0.29) is 13.1 Å². The van der Waals surface area contributed by atoms with Crippen LogP contribution in [-0.4, -0.2) is 55.4 Å². The normalized spacial score (nSPS) is 15.8. The molecule has 1 aromatic carbocycles. The minimum Gasteiger partial charge on any atom is -0.370 e. The zero-order valence-electron chi connectivity index (χ0n) is 15.1. The van der Waals surface area contributed by atoms with Crippen LogP contribution in [0.25, 0.3) is 0 Å². The van der Waals surface area contributed by atoms with Crippen molar-refractivity contribution >= 4 is 21.7 Å². The van der Waals surface area contributed by atoms with Gasteiger partial charge >= 0.3 is 0 Å². The molecule has 27 heavy (non-hydrogen) atoms. The van der Waals surface area contributed by atoms with E-state index in [1.807, 2.05) is 11.8 Å². The van der Waals surface area contributed by atoms with Crippen molar-refractivity contribution in [3.63, 3.8) is 0 Å². The molecule has 2 aromatic rings. The van der Waals surface area contributed by atoms with Gasteiger partial charge in [0.15, 0.2) is 4.90 Å². The van der Waals surface area contributed by atoms with E-state index in [0.29, 0.717) is 30.5 Å². The number of benzene rings is 1. The lowest BCUT2D eigenvalue weighted by Gasteiger charge is -2.34. The molecule has 7 nitrogen and oxygen atoms in total. The van der Waals surface area contributed by atoms with Crippen molar-refractivity contribution in [2.75, 3.05) is 42.9 Å². The molecule has 0 unspecified atom stereocenters. The van der Waals surface area contributed by atoms with Gasteiger partial charge in [-0.1, -0.05) is 6.07 Å². The predicted octanol–water partition coefficient (Wildman–Crippen LogP) is 2.01. The fourth-order valence-electron chi connectivity index (χ4n) is 3.00. The van der Waals surface area contributed by atoms with Gasteiger partial charge in [-0.2, -0.15) is 4.31 Å². The van der Waals surface area contributed by atoms with Crippen molar-refractivity contribution in [3.05, 3.63) is 41.7 Å². The number of halogens is 2. The third-order valence-corrected chi connectivity index (χ3v) is 6.21. The van der Waals surface area contributed by atoms with Crippen molar-refractivity contribution in [1.29, 1.82) is 0 Å². The van der Waals surface area contributed by atoms with Crippen molar-refractivity contribution in [1.82, 2.24) is 14.3 Å². The summed E-state index contributed by atoms with van der Waals surface area (Å²) in [5.41, 5.74) is 0. The molecule has 1 saturated heterocycles. The zero-order valence-corrected chi connectivity index (χ0v) is 15.9. The molecule has 3 rings (SSSR count). The summed E-state index contributed by atoms with van der Waals surface area (Å²) in [7, 11) is -4.24. The first-order valence-corrected chi connectivity index (χ1v) is 10.1. The SMILES string of the molecule is CCNc1cc(N2CCN(S(=O)(=O)c3c(F)cccc3F)CC2)nc(C)n1. The molecular weight excluding hydrogens is 376 g/mol. The third kappa shape index (κ3) is 4.01. The highest BCUT2D eigenvalue weighted by Gasteiger charge is 2.33. The number of aryl methyl sites for hydroxylation is 1. The van der Waals surface area contributed by atoms with Gasteiger partial charge in [-0.15, -0.1) is 0 Å². The maximum Gasteiger partial charge on any atom is 0.249 e. The first-order valence-electron chi connectivity index (χ1n) is 8.61. The van der Waals surface area contributed by atoms with E-state index in [2.05, 4.69) is 15.3 Å². The molecule has 1 N–H and O–H groups in total. The van der Waals surface area contributed by atoms with Crippen LogP contribution in [0.5, 0.6) is 0 Å². The van der Waals surface area contributed by atoms with E-state index in [0.717, 1.165) is 29.0 Å². The average Bonchev–Trinajstić information content (AvgIpc) is 2.61. The van der Waals surface area contributed by atoms with Crippen LogP contribution in [0.2, 0.25) is 0 Å². The molecule has 1 aliphatic rings. The minimum atomic E-state index is -4.24. The van der Waals surface area contributed by atoms with Crippen LogP contribution >= 0.6 is 0 Å². The molecule has 0 radical (unpaired) electrons. The van der Waals surface area contributed by atoms with Crippen LogP contribution in [0.3, 0.4) is 0 Å². The number of aromatic nitrogens is 2. The van der Waals surface area contributed by atoms with E-state index in [4.69, 9.17) is 0 Å². The molecule has 0 spiro atoms. The van der Waals surface area contributed by atoms with Crippen molar-refractivity contribution in [2.45, 2.75) is 18.7 Å². The fourth-order valence-corrected chi connectivity index (χ4v) is 4.53. The Labute approximate surface area is 157 Å². The topological polar surface area (TPSA) is 78.4 Å². The van der Waals surface area contributed by atoms with E-state index >= 15 is 0 Å². The molecule has 0 saturated carbocycles. The Morgan fingerprint density at radius 1 is 1.11 bits per heavy atom. The maximum absolute atomic E-state index is 13.9. The number of nitrogens with one attached hydrogen (secondary N) is 1. The fraction of sp³-hybridized carbons (Fsp3) is 0.412. The van der Waals surface area contributed by atoms with Gasteiger partial charge in [0.25, 0.3) is 0 Å². The standard InChI is InChI=1S/C17H21F2N5O2S/c1-3-20-15-11-16(22-12(2)21-15)23-7-9-24(10-8-23)27(25,26)17-13(18)5-4-6-14(17)19/h4-6,11H,3,7-10H2,1-2H3,(H,20,21,22). The van der Waals surface area contributed by atoms with E-state index < -0.39 is 26.6 Å². The van der Waals surface area contributed by atoms with Gasteiger partial charge in [0.1, 0.15) is 29.1 Å². The summed E-state index contributed by atoms with van der Waals surface area (Å²) in [6.45, 7) is 5.39. The molecule has 0 amide bonds. The van der Waals surface area contributed by atoms with Crippen molar-refractivity contribution in [3.8, 4) is 0 Å². The summed E-state index contributed by atoms with van der Waals surface area (Å²) >= 11 is 0. The average molecular weight is 397 g/mol. The largest absolute Gasteiger partial charge is 0.370 e. The molecule has 0 bridgehead atoms. The number of hydrogen-bond donors (Lipinski definition) is 1. The molecule has 1 aromatic heterocycles. The van der Waals surface area contributed by atoms with Gasteiger partial charge in [-0.3, -0.25) is 0 Å². The Bertz CT molecular complexity index is 911. The zero-order chi connectivity index (χ0) is 19.6. The number of piperazine rings is 1. The Balaban J connectivity index is 1.77. The first-order chi connectivity index (χ1) is 12.8. The molecule has 146 valence electrons. The van der Waals surface area contributed by atoms with E-state index in [1.165, 1.54) is 0 Å². The molecule has 0 aliphatic carbocycles. The Hall–Kier alpha value is -2.33. The monoisotopic (exact) mass is 397 g/mol. The highest BCUT2D eigenvalue weighted by atomic mass is 32.2. The Morgan fingerprint density at radius 3 is 2.33 bits per heavy atom. The Morgan fingerprint density at radius 2 is 1.74 bits per heavy atom. The molecule has 1 aliphatic heterocycles. The second-order valence-electron chi connectivity index (χ2n) is 6.13. The van der Waals surface area contributed by atoms with Gasteiger partial charge in [0.2, 0.25) is 10.0 Å². The van der Waals surface area contributed by atoms with Gasteiger partial charge in [-0.25, -0.2) is 27.2 Å². The highest BCUT2D eigenvalue weighted by Crippen LogP contribution is 2.25. The summed E-state index contributed by atoms with van der Waals surface area (Å²) in [6.07, 6.45) is 0. The lowest BCUT2D eigenvalue weighted by molar-refractivity contribution is 0.377. The molecule has 1 fully saturated rings. The second kappa shape index (κ2) is 7.73. The van der Waals surface area contributed by atoms with Crippen molar-refractivity contribution in [2.24, 2.45) is 0 Å². The summed E-state index contributed by atoms with van der Waals surface area (Å²) in [4.78, 5) is 9.73. The number of nitrogens with zero attached hydrogens (tertiary/aromatic N) is 4. The highest BCUT2D eigenvalue weighted by molar-refractivity contribution is 7.89. The van der Waals surface area contributed by atoms with Crippen LogP contribution in [0, 0.1) is 18.6 Å². The van der Waals surface area contributed by atoms with Crippen molar-refractivity contribution < 1.29 is 17.2 Å². The number of hydrogen-bond acceptors (Lipinski definition) is 6. The molecule has 10 heteroatoms. The molecule has 0 atom stereocenters. The van der Waals surface area contributed by atoms with Crippen LogP contribution in [0.4, 0.5) is 20.4 Å². The number of anilines is 2. The van der Waals surface area contributed by atoms with Gasteiger partial charge in [0, 0.05) is 38.8 Å². The van der Waals surface area contributed by atoms with Crippen LogP contribution in [0.15, 0.2) is 29.2 Å². The summed E-state index contributed by atoms with van der Waals surface area (Å²) in [5, 5.41) is 3.13. The smallest absolute Gasteiger partial charge is 0.249 e. The number of rotatable bonds is 5. The van der Waals surface area contributed by atoms with E-state index in [9.17, 15) is 17.2 Å². The lowest BCUT2D eigenvalue weighted by Crippen LogP contribution is -2.49. The number of sulfonamides is 1. The van der Waals surface area contributed by atoms with Crippen LogP contribution in [-0.2, 0) is 10.0 Å².